The average molecular weight is 693 g/mol. The zero-order chi connectivity index (χ0) is 34.9. The third kappa shape index (κ3) is 4.49. The van der Waals surface area contributed by atoms with Crippen molar-refractivity contribution in [1.29, 1.82) is 0 Å². The van der Waals surface area contributed by atoms with Crippen LogP contribution < -0.4 is 21.1 Å². The minimum atomic E-state index is -0.495. The maximum absolute atomic E-state index is 3.87. The van der Waals surface area contributed by atoms with Crippen LogP contribution in [0, 0.1) is 0 Å². The van der Waals surface area contributed by atoms with E-state index in [0.29, 0.717) is 0 Å². The predicted octanol–water partition coefficient (Wildman–Crippen LogP) is 11.1. The lowest BCUT2D eigenvalue weighted by molar-refractivity contribution is 0.732. The van der Waals surface area contributed by atoms with Gasteiger partial charge in [0.05, 0.1) is 22.5 Å². The molecule has 0 saturated carbocycles. The second-order valence-electron chi connectivity index (χ2n) is 14.1. The summed E-state index contributed by atoms with van der Waals surface area (Å²) in [6.07, 6.45) is 0. The number of nitrogens with one attached hydrogen (secondary N) is 1. The van der Waals surface area contributed by atoms with Gasteiger partial charge in [0.15, 0.2) is 7.28 Å². The van der Waals surface area contributed by atoms with Crippen LogP contribution >= 0.6 is 11.8 Å². The van der Waals surface area contributed by atoms with Crippen molar-refractivity contribution in [3.05, 3.63) is 210 Å². The smallest absolute Gasteiger partial charge is 0.198 e. The molecule has 3 heterocycles. The van der Waals surface area contributed by atoms with E-state index in [1.807, 2.05) is 11.8 Å². The largest absolute Gasteiger partial charge is 0.353 e. The molecule has 53 heavy (non-hydrogen) atoms. The molecular weight excluding hydrogens is 659 g/mol. The van der Waals surface area contributed by atoms with Crippen LogP contribution in [0.25, 0.3) is 22.3 Å². The van der Waals surface area contributed by atoms with Crippen LogP contribution in [0.4, 0.5) is 28.4 Å². The first-order valence-electron chi connectivity index (χ1n) is 18.3. The van der Waals surface area contributed by atoms with Crippen molar-refractivity contribution in [2.45, 2.75) is 15.2 Å². The van der Waals surface area contributed by atoms with E-state index < -0.39 is 5.41 Å². The van der Waals surface area contributed by atoms with Gasteiger partial charge in [0.2, 0.25) is 0 Å². The Kier molecular flexibility index (Phi) is 6.83. The third-order valence-electron chi connectivity index (χ3n) is 11.3. The Labute approximate surface area is 315 Å². The van der Waals surface area contributed by atoms with Crippen molar-refractivity contribution in [3.63, 3.8) is 0 Å². The fourth-order valence-electron chi connectivity index (χ4n) is 9.12. The van der Waals surface area contributed by atoms with E-state index in [0.717, 1.165) is 13.0 Å². The summed E-state index contributed by atoms with van der Waals surface area (Å²) in [7, 11) is 0.828. The van der Waals surface area contributed by atoms with Crippen molar-refractivity contribution < 1.29 is 0 Å². The fourth-order valence-corrected chi connectivity index (χ4v) is 10.1. The standard InChI is InChI=1S/C49H33BN2S/c1-4-16-32(17-5-1)33-30-37(36-22-14-29-45-47(36)51-41-26-11-13-28-44(41)53-45)46-43(31-33)52-42-27-12-10-23-38(42)49(34-18-6-2-7-19-34,35-20-8-3-9-21-35)39-24-15-25-40(50-46)48(39)52/h1-31,50-51H. The molecule has 0 fully saturated rings. The van der Waals surface area contributed by atoms with Crippen LogP contribution in [0.15, 0.2) is 198 Å². The molecule has 248 valence electrons. The number of hydrogen-bond donors (Lipinski definition) is 1. The minimum absolute atomic E-state index is 0.495. The third-order valence-corrected chi connectivity index (χ3v) is 12.5. The number of fused-ring (bicyclic) bond motifs is 6. The first-order chi connectivity index (χ1) is 26.3. The molecule has 4 heteroatoms. The van der Waals surface area contributed by atoms with Gasteiger partial charge >= 0.3 is 0 Å². The highest BCUT2D eigenvalue weighted by Crippen LogP contribution is 2.58. The highest BCUT2D eigenvalue weighted by Gasteiger charge is 2.48. The number of rotatable bonds is 4. The molecule has 8 aromatic rings. The van der Waals surface area contributed by atoms with Crippen LogP contribution in [-0.4, -0.2) is 7.28 Å². The first-order valence-corrected chi connectivity index (χ1v) is 19.1. The maximum Gasteiger partial charge on any atom is 0.198 e. The van der Waals surface area contributed by atoms with Gasteiger partial charge in [0, 0.05) is 26.7 Å². The second kappa shape index (κ2) is 11.9. The monoisotopic (exact) mass is 692 g/mol. The van der Waals surface area contributed by atoms with E-state index in [1.165, 1.54) is 88.0 Å². The summed E-state index contributed by atoms with van der Waals surface area (Å²) in [4.78, 5) is 5.09. The lowest BCUT2D eigenvalue weighted by Crippen LogP contribution is -2.47. The van der Waals surface area contributed by atoms with Gasteiger partial charge < -0.3 is 10.2 Å². The van der Waals surface area contributed by atoms with Crippen molar-refractivity contribution in [1.82, 2.24) is 0 Å². The number of benzene rings is 8. The molecule has 3 aliphatic heterocycles. The van der Waals surface area contributed by atoms with Crippen molar-refractivity contribution >= 4 is 58.4 Å². The molecule has 2 nitrogen and oxygen atoms in total. The van der Waals surface area contributed by atoms with Gasteiger partial charge in [0.1, 0.15) is 0 Å². The van der Waals surface area contributed by atoms with Crippen molar-refractivity contribution in [3.8, 4) is 22.3 Å². The van der Waals surface area contributed by atoms with E-state index in [9.17, 15) is 0 Å². The summed E-state index contributed by atoms with van der Waals surface area (Å²) in [5.41, 5.74) is 18.3. The van der Waals surface area contributed by atoms with E-state index >= 15 is 0 Å². The summed E-state index contributed by atoms with van der Waals surface area (Å²) >= 11 is 1.85. The molecule has 11 rings (SSSR count). The van der Waals surface area contributed by atoms with Gasteiger partial charge in [-0.05, 0) is 80.8 Å². The Morgan fingerprint density at radius 2 is 1.13 bits per heavy atom. The molecule has 0 amide bonds. The first kappa shape index (κ1) is 30.4. The number of hydrogen-bond acceptors (Lipinski definition) is 3. The fraction of sp³-hybridized carbons (Fsp3) is 0.0204. The van der Waals surface area contributed by atoms with E-state index in [2.05, 4.69) is 198 Å². The van der Waals surface area contributed by atoms with Gasteiger partial charge in [-0.2, -0.15) is 0 Å². The predicted molar refractivity (Wildman–Crippen MR) is 224 cm³/mol. The Bertz CT molecular complexity index is 2670. The molecule has 0 aromatic heterocycles. The van der Waals surface area contributed by atoms with Crippen LogP contribution in [-0.2, 0) is 5.41 Å². The molecule has 8 aromatic carbocycles. The van der Waals surface area contributed by atoms with E-state index in [1.54, 1.807) is 0 Å². The lowest BCUT2D eigenvalue weighted by atomic mass is 9.54. The molecule has 0 atom stereocenters. The zero-order valence-electron chi connectivity index (χ0n) is 29.0. The zero-order valence-corrected chi connectivity index (χ0v) is 29.8. The quantitative estimate of drug-likeness (QED) is 0.185. The molecule has 0 bridgehead atoms. The SMILES string of the molecule is B1c2cccc3c2N(c2ccccc2C3(c2ccccc2)c2ccccc2)c2cc(-c3ccccc3)cc(-c3cccc4c3Nc3ccccc3S4)c21. The van der Waals surface area contributed by atoms with Gasteiger partial charge in [-0.15, -0.1) is 0 Å². The van der Waals surface area contributed by atoms with E-state index in [4.69, 9.17) is 0 Å². The minimum Gasteiger partial charge on any atom is -0.353 e. The Morgan fingerprint density at radius 3 is 1.92 bits per heavy atom. The highest BCUT2D eigenvalue weighted by atomic mass is 32.2. The molecule has 0 aliphatic carbocycles. The van der Waals surface area contributed by atoms with Gasteiger partial charge in [-0.3, -0.25) is 0 Å². The topological polar surface area (TPSA) is 15.3 Å². The van der Waals surface area contributed by atoms with Gasteiger partial charge in [-0.25, -0.2) is 0 Å². The number of para-hydroxylation sites is 4. The Hall–Kier alpha value is -6.23. The molecule has 3 aliphatic rings. The van der Waals surface area contributed by atoms with Gasteiger partial charge in [0.25, 0.3) is 0 Å². The van der Waals surface area contributed by atoms with Crippen LogP contribution in [0.2, 0.25) is 0 Å². The second-order valence-corrected chi connectivity index (χ2v) is 15.2. The molecule has 0 unspecified atom stereocenters. The molecule has 0 radical (unpaired) electrons. The maximum atomic E-state index is 3.87. The Morgan fingerprint density at radius 1 is 0.491 bits per heavy atom. The normalized spacial score (nSPS) is 14.0. The summed E-state index contributed by atoms with van der Waals surface area (Å²) in [5.74, 6) is 0. The lowest BCUT2D eigenvalue weighted by Gasteiger charge is -2.49. The van der Waals surface area contributed by atoms with Gasteiger partial charge in [-0.1, -0.05) is 169 Å². The molecular formula is C49H33BN2S. The highest BCUT2D eigenvalue weighted by molar-refractivity contribution is 7.99. The molecule has 0 spiro atoms. The van der Waals surface area contributed by atoms with Crippen LogP contribution in [0.5, 0.6) is 0 Å². The van der Waals surface area contributed by atoms with Crippen LogP contribution in [0.3, 0.4) is 0 Å². The summed E-state index contributed by atoms with van der Waals surface area (Å²) in [6.45, 7) is 0. The molecule has 1 N–H and O–H groups in total. The van der Waals surface area contributed by atoms with Crippen LogP contribution in [0.1, 0.15) is 22.3 Å². The van der Waals surface area contributed by atoms with Crippen molar-refractivity contribution in [2.24, 2.45) is 0 Å². The van der Waals surface area contributed by atoms with Crippen molar-refractivity contribution in [2.75, 3.05) is 10.2 Å². The Balaban J connectivity index is 1.22. The summed E-state index contributed by atoms with van der Waals surface area (Å²) in [5, 5.41) is 3.87. The number of nitrogens with zero attached hydrogens (tertiary/aromatic N) is 1. The summed E-state index contributed by atoms with van der Waals surface area (Å²) < 4.78 is 0. The summed E-state index contributed by atoms with van der Waals surface area (Å²) in [6, 6.07) is 69.5. The molecule has 0 saturated heterocycles. The number of anilines is 5. The van der Waals surface area contributed by atoms with E-state index in [-0.39, 0.29) is 0 Å². The average Bonchev–Trinajstić information content (AvgIpc) is 3.23.